The van der Waals surface area contributed by atoms with Crippen molar-refractivity contribution in [2.24, 2.45) is 0 Å². The Morgan fingerprint density at radius 3 is 2.19 bits per heavy atom. The van der Waals surface area contributed by atoms with Crippen LogP contribution >= 0.6 is 0 Å². The fourth-order valence-electron chi connectivity index (χ4n) is 3.25. The maximum absolute atomic E-state index is 12.6. The Labute approximate surface area is 185 Å². The molecule has 160 valence electrons. The first kappa shape index (κ1) is 21.1. The summed E-state index contributed by atoms with van der Waals surface area (Å²) < 4.78 is 11.0. The number of ether oxygens (including phenoxy) is 1. The Hall–Kier alpha value is -4.19. The fraction of sp³-hybridized carbons (Fsp3) is 0.115. The molecule has 1 aromatic heterocycles. The lowest BCUT2D eigenvalue weighted by atomic mass is 10.0. The summed E-state index contributed by atoms with van der Waals surface area (Å²) in [5, 5.41) is 2.93. The number of esters is 1. The SMILES string of the molecule is O=C(C[C@@H](NC(=O)c1ccccc1)c1ccccc1)OCc1ncc(-c2ccccc2)o1. The van der Waals surface area contributed by atoms with Crippen molar-refractivity contribution >= 4 is 11.9 Å². The Morgan fingerprint density at radius 1 is 0.875 bits per heavy atom. The van der Waals surface area contributed by atoms with Gasteiger partial charge in [0.05, 0.1) is 18.7 Å². The molecule has 1 N–H and O–H groups in total. The van der Waals surface area contributed by atoms with Gasteiger partial charge in [0, 0.05) is 11.1 Å². The Balaban J connectivity index is 1.39. The quantitative estimate of drug-likeness (QED) is 0.403. The standard InChI is InChI=1S/C26H22N2O4/c29-25(31-18-24-27-17-23(32-24)20-12-6-2-7-13-20)16-22(19-10-4-1-5-11-19)28-26(30)21-14-8-3-9-15-21/h1-15,17,22H,16,18H2,(H,28,30)/t22-/m1/s1. The normalized spacial score (nSPS) is 11.5. The molecule has 0 aliphatic rings. The lowest BCUT2D eigenvalue weighted by Crippen LogP contribution is -2.30. The van der Waals surface area contributed by atoms with E-state index in [1.807, 2.05) is 66.7 Å². The van der Waals surface area contributed by atoms with Gasteiger partial charge in [0.2, 0.25) is 5.89 Å². The number of aromatic nitrogens is 1. The van der Waals surface area contributed by atoms with Crippen LogP contribution in [-0.2, 0) is 16.1 Å². The van der Waals surface area contributed by atoms with Crippen LogP contribution in [0.15, 0.2) is 102 Å². The molecule has 32 heavy (non-hydrogen) atoms. The minimum atomic E-state index is -0.527. The van der Waals surface area contributed by atoms with Crippen LogP contribution in [-0.4, -0.2) is 16.9 Å². The van der Waals surface area contributed by atoms with Crippen LogP contribution in [0, 0.1) is 0 Å². The predicted octanol–water partition coefficient (Wildman–Crippen LogP) is 4.95. The smallest absolute Gasteiger partial charge is 0.308 e. The van der Waals surface area contributed by atoms with Gasteiger partial charge in [-0.25, -0.2) is 4.98 Å². The monoisotopic (exact) mass is 426 g/mol. The molecule has 1 atom stereocenters. The number of oxazole rings is 1. The molecule has 0 fully saturated rings. The summed E-state index contributed by atoms with van der Waals surface area (Å²) in [5.74, 6) is 0.190. The highest BCUT2D eigenvalue weighted by molar-refractivity contribution is 5.94. The number of benzene rings is 3. The Kier molecular flexibility index (Phi) is 6.72. The zero-order valence-electron chi connectivity index (χ0n) is 17.3. The van der Waals surface area contributed by atoms with Crippen molar-refractivity contribution in [3.63, 3.8) is 0 Å². The van der Waals surface area contributed by atoms with Crippen molar-refractivity contribution in [1.29, 1.82) is 0 Å². The van der Waals surface area contributed by atoms with Gasteiger partial charge < -0.3 is 14.5 Å². The minimum absolute atomic E-state index is 0.0190. The van der Waals surface area contributed by atoms with Crippen LogP contribution in [0.1, 0.15) is 34.3 Å². The van der Waals surface area contributed by atoms with Gasteiger partial charge in [-0.05, 0) is 17.7 Å². The van der Waals surface area contributed by atoms with E-state index in [1.165, 1.54) is 0 Å². The summed E-state index contributed by atoms with van der Waals surface area (Å²) in [6.45, 7) is -0.0835. The predicted molar refractivity (Wildman–Crippen MR) is 119 cm³/mol. The fourth-order valence-corrected chi connectivity index (χ4v) is 3.25. The topological polar surface area (TPSA) is 81.4 Å². The minimum Gasteiger partial charge on any atom is -0.456 e. The number of nitrogens with one attached hydrogen (secondary N) is 1. The molecule has 4 aromatic rings. The molecule has 1 amide bonds. The van der Waals surface area contributed by atoms with Crippen molar-refractivity contribution in [3.8, 4) is 11.3 Å². The van der Waals surface area contributed by atoms with E-state index < -0.39 is 12.0 Å². The van der Waals surface area contributed by atoms with Crippen molar-refractivity contribution in [2.75, 3.05) is 0 Å². The third kappa shape index (κ3) is 5.49. The van der Waals surface area contributed by atoms with Crippen molar-refractivity contribution in [2.45, 2.75) is 19.1 Å². The third-order valence-electron chi connectivity index (χ3n) is 4.88. The molecule has 0 spiro atoms. The van der Waals surface area contributed by atoms with Crippen LogP contribution in [0.5, 0.6) is 0 Å². The van der Waals surface area contributed by atoms with Gasteiger partial charge in [0.1, 0.15) is 0 Å². The number of hydrogen-bond acceptors (Lipinski definition) is 5. The second kappa shape index (κ2) is 10.2. The molecule has 0 unspecified atom stereocenters. The van der Waals surface area contributed by atoms with Gasteiger partial charge in [-0.3, -0.25) is 9.59 Å². The number of rotatable bonds is 8. The van der Waals surface area contributed by atoms with Crippen LogP contribution in [0.3, 0.4) is 0 Å². The van der Waals surface area contributed by atoms with Gasteiger partial charge in [0.25, 0.3) is 5.91 Å². The zero-order valence-corrected chi connectivity index (χ0v) is 17.3. The molecule has 0 radical (unpaired) electrons. The molecular formula is C26H22N2O4. The summed E-state index contributed by atoms with van der Waals surface area (Å²) in [7, 11) is 0. The highest BCUT2D eigenvalue weighted by Crippen LogP contribution is 2.21. The first-order valence-corrected chi connectivity index (χ1v) is 10.3. The molecule has 1 heterocycles. The van der Waals surface area contributed by atoms with Gasteiger partial charge in [-0.15, -0.1) is 0 Å². The molecule has 0 bridgehead atoms. The van der Waals surface area contributed by atoms with E-state index in [1.54, 1.807) is 30.5 Å². The molecule has 0 aliphatic carbocycles. The first-order valence-electron chi connectivity index (χ1n) is 10.3. The van der Waals surface area contributed by atoms with Crippen LogP contribution in [0.25, 0.3) is 11.3 Å². The van der Waals surface area contributed by atoms with Crippen LogP contribution in [0.4, 0.5) is 0 Å². The summed E-state index contributed by atoms with van der Waals surface area (Å²) in [6, 6.07) is 27.2. The summed E-state index contributed by atoms with van der Waals surface area (Å²) in [6.07, 6.45) is 1.58. The molecule has 0 saturated carbocycles. The molecule has 6 heteroatoms. The number of hydrogen-bond donors (Lipinski definition) is 1. The van der Waals surface area contributed by atoms with Gasteiger partial charge in [-0.2, -0.15) is 0 Å². The van der Waals surface area contributed by atoms with Crippen molar-refractivity contribution in [3.05, 3.63) is 114 Å². The van der Waals surface area contributed by atoms with Crippen LogP contribution < -0.4 is 5.32 Å². The second-order valence-corrected chi connectivity index (χ2v) is 7.15. The second-order valence-electron chi connectivity index (χ2n) is 7.15. The highest BCUT2D eigenvalue weighted by Gasteiger charge is 2.20. The number of carbonyl (C=O) groups is 2. The van der Waals surface area contributed by atoms with E-state index in [0.29, 0.717) is 17.2 Å². The summed E-state index contributed by atoms with van der Waals surface area (Å²) in [5.41, 5.74) is 2.23. The summed E-state index contributed by atoms with van der Waals surface area (Å²) >= 11 is 0. The molecule has 6 nitrogen and oxygen atoms in total. The molecule has 4 rings (SSSR count). The van der Waals surface area contributed by atoms with E-state index in [2.05, 4.69) is 10.3 Å². The maximum atomic E-state index is 12.6. The van der Waals surface area contributed by atoms with E-state index >= 15 is 0 Å². The summed E-state index contributed by atoms with van der Waals surface area (Å²) in [4.78, 5) is 29.4. The van der Waals surface area contributed by atoms with E-state index in [-0.39, 0.29) is 18.9 Å². The molecular weight excluding hydrogens is 404 g/mol. The zero-order chi connectivity index (χ0) is 22.2. The van der Waals surface area contributed by atoms with E-state index in [9.17, 15) is 9.59 Å². The lowest BCUT2D eigenvalue weighted by molar-refractivity contribution is -0.146. The molecule has 3 aromatic carbocycles. The largest absolute Gasteiger partial charge is 0.456 e. The van der Waals surface area contributed by atoms with Gasteiger partial charge >= 0.3 is 5.97 Å². The average molecular weight is 426 g/mol. The van der Waals surface area contributed by atoms with Crippen LogP contribution in [0.2, 0.25) is 0 Å². The van der Waals surface area contributed by atoms with Crippen molar-refractivity contribution in [1.82, 2.24) is 10.3 Å². The van der Waals surface area contributed by atoms with E-state index in [4.69, 9.17) is 9.15 Å². The lowest BCUT2D eigenvalue weighted by Gasteiger charge is -2.18. The molecule has 0 aliphatic heterocycles. The molecule has 0 saturated heterocycles. The average Bonchev–Trinajstić information content (AvgIpc) is 3.33. The van der Waals surface area contributed by atoms with Crippen molar-refractivity contribution < 1.29 is 18.7 Å². The Bertz CT molecular complexity index is 1160. The van der Waals surface area contributed by atoms with Gasteiger partial charge in [0.15, 0.2) is 12.4 Å². The third-order valence-corrected chi connectivity index (χ3v) is 4.88. The first-order chi connectivity index (χ1) is 15.7. The van der Waals surface area contributed by atoms with Gasteiger partial charge in [-0.1, -0.05) is 78.9 Å². The highest BCUT2D eigenvalue weighted by atomic mass is 16.5. The number of amides is 1. The van der Waals surface area contributed by atoms with E-state index in [0.717, 1.165) is 11.1 Å². The number of carbonyl (C=O) groups excluding carboxylic acids is 2. The number of nitrogens with zero attached hydrogens (tertiary/aromatic N) is 1. The maximum Gasteiger partial charge on any atom is 0.308 e. The Morgan fingerprint density at radius 2 is 1.50 bits per heavy atom.